The molecule has 1 aliphatic rings. The third kappa shape index (κ3) is 3.79. The Hall–Kier alpha value is -0.0400. The van der Waals surface area contributed by atoms with Crippen LogP contribution in [0.1, 0.15) is 53.9 Å². The van der Waals surface area contributed by atoms with Crippen molar-refractivity contribution in [2.45, 2.75) is 59.9 Å². The molecule has 0 aliphatic heterocycles. The molecule has 1 saturated carbocycles. The van der Waals surface area contributed by atoms with Crippen LogP contribution in [0.5, 0.6) is 0 Å². The zero-order chi connectivity index (χ0) is 11.4. The third-order valence-electron chi connectivity index (χ3n) is 4.19. The van der Waals surface area contributed by atoms with Gasteiger partial charge >= 0.3 is 0 Å². The van der Waals surface area contributed by atoms with Crippen molar-refractivity contribution in [3.8, 4) is 0 Å². The summed E-state index contributed by atoms with van der Waals surface area (Å²) >= 11 is 0. The second kappa shape index (κ2) is 5.89. The maximum Gasteiger partial charge on any atom is 0.00928 e. The summed E-state index contributed by atoms with van der Waals surface area (Å²) in [5.74, 6) is 3.33. The van der Waals surface area contributed by atoms with Gasteiger partial charge in [-0.05, 0) is 43.1 Å². The molecule has 0 saturated heterocycles. The van der Waals surface area contributed by atoms with Gasteiger partial charge in [0.1, 0.15) is 0 Å². The van der Waals surface area contributed by atoms with Crippen molar-refractivity contribution in [2.24, 2.45) is 23.7 Å². The van der Waals surface area contributed by atoms with Gasteiger partial charge in [-0.15, -0.1) is 0 Å². The van der Waals surface area contributed by atoms with Crippen molar-refractivity contribution < 1.29 is 0 Å². The van der Waals surface area contributed by atoms with Crippen LogP contribution in [-0.4, -0.2) is 12.6 Å². The van der Waals surface area contributed by atoms with Crippen molar-refractivity contribution in [3.05, 3.63) is 0 Å². The van der Waals surface area contributed by atoms with Gasteiger partial charge in [0.2, 0.25) is 0 Å². The Bertz CT molecular complexity index is 166. The summed E-state index contributed by atoms with van der Waals surface area (Å²) in [5, 5.41) is 3.79. The predicted octanol–water partition coefficient (Wildman–Crippen LogP) is 3.69. The van der Waals surface area contributed by atoms with Crippen LogP contribution in [0.15, 0.2) is 0 Å². The van der Waals surface area contributed by atoms with E-state index in [1.807, 2.05) is 0 Å². The third-order valence-corrected chi connectivity index (χ3v) is 4.19. The Labute approximate surface area is 96.0 Å². The molecule has 2 unspecified atom stereocenters. The molecular weight excluding hydrogens is 182 g/mol. The SMILES string of the molecule is CC(C)C(CNC1CCCC1C)C(C)C. The first-order chi connectivity index (χ1) is 7.02. The van der Waals surface area contributed by atoms with Gasteiger partial charge in [-0.25, -0.2) is 0 Å². The monoisotopic (exact) mass is 211 g/mol. The van der Waals surface area contributed by atoms with E-state index >= 15 is 0 Å². The highest BCUT2D eigenvalue weighted by atomic mass is 14.9. The average molecular weight is 211 g/mol. The van der Waals surface area contributed by atoms with Crippen molar-refractivity contribution in [2.75, 3.05) is 6.54 Å². The van der Waals surface area contributed by atoms with E-state index in [2.05, 4.69) is 39.9 Å². The molecule has 90 valence electrons. The molecule has 0 aromatic heterocycles. The first-order valence-electron chi connectivity index (χ1n) is 6.75. The summed E-state index contributed by atoms with van der Waals surface area (Å²) in [7, 11) is 0. The number of hydrogen-bond acceptors (Lipinski definition) is 1. The first kappa shape index (κ1) is 13.0. The van der Waals surface area contributed by atoms with Gasteiger partial charge < -0.3 is 5.32 Å². The van der Waals surface area contributed by atoms with Crippen LogP contribution in [-0.2, 0) is 0 Å². The van der Waals surface area contributed by atoms with Gasteiger partial charge in [0.15, 0.2) is 0 Å². The fraction of sp³-hybridized carbons (Fsp3) is 1.00. The Kier molecular flexibility index (Phi) is 5.11. The van der Waals surface area contributed by atoms with Crippen LogP contribution >= 0.6 is 0 Å². The molecule has 15 heavy (non-hydrogen) atoms. The smallest absolute Gasteiger partial charge is 0.00928 e. The summed E-state index contributed by atoms with van der Waals surface area (Å²) in [6, 6.07) is 0.796. The predicted molar refractivity (Wildman–Crippen MR) is 68.0 cm³/mol. The molecule has 1 rings (SSSR count). The minimum Gasteiger partial charge on any atom is -0.313 e. The molecule has 1 aliphatic carbocycles. The summed E-state index contributed by atoms with van der Waals surface area (Å²) in [6.45, 7) is 13.0. The van der Waals surface area contributed by atoms with Gasteiger partial charge in [-0.3, -0.25) is 0 Å². The molecule has 1 nitrogen and oxygen atoms in total. The summed E-state index contributed by atoms with van der Waals surface area (Å²) in [5.41, 5.74) is 0. The highest BCUT2D eigenvalue weighted by Gasteiger charge is 2.25. The van der Waals surface area contributed by atoms with Crippen molar-refractivity contribution in [3.63, 3.8) is 0 Å². The molecule has 1 heteroatoms. The molecule has 0 amide bonds. The molecule has 0 aromatic carbocycles. The van der Waals surface area contributed by atoms with Crippen molar-refractivity contribution >= 4 is 0 Å². The van der Waals surface area contributed by atoms with Crippen LogP contribution in [0.4, 0.5) is 0 Å². The maximum atomic E-state index is 3.79. The lowest BCUT2D eigenvalue weighted by Gasteiger charge is -2.28. The van der Waals surface area contributed by atoms with E-state index in [1.165, 1.54) is 25.8 Å². The lowest BCUT2D eigenvalue weighted by Crippen LogP contribution is -2.38. The second-order valence-electron chi connectivity index (χ2n) is 6.07. The Morgan fingerprint density at radius 3 is 2.07 bits per heavy atom. The van der Waals surface area contributed by atoms with Gasteiger partial charge in [0.25, 0.3) is 0 Å². The molecule has 1 N–H and O–H groups in total. The van der Waals surface area contributed by atoms with Crippen LogP contribution in [0.2, 0.25) is 0 Å². The molecular formula is C14H29N. The topological polar surface area (TPSA) is 12.0 Å². The quantitative estimate of drug-likeness (QED) is 0.731. The Morgan fingerprint density at radius 2 is 1.67 bits per heavy atom. The second-order valence-corrected chi connectivity index (χ2v) is 6.07. The van der Waals surface area contributed by atoms with Crippen LogP contribution in [0, 0.1) is 23.7 Å². The minimum atomic E-state index is 0.796. The van der Waals surface area contributed by atoms with Gasteiger partial charge in [-0.2, -0.15) is 0 Å². The maximum absolute atomic E-state index is 3.79. The van der Waals surface area contributed by atoms with E-state index in [0.717, 1.165) is 29.7 Å². The largest absolute Gasteiger partial charge is 0.313 e. The van der Waals surface area contributed by atoms with Crippen molar-refractivity contribution in [1.82, 2.24) is 5.32 Å². The van der Waals surface area contributed by atoms with E-state index < -0.39 is 0 Å². The minimum absolute atomic E-state index is 0.796. The van der Waals surface area contributed by atoms with E-state index in [1.54, 1.807) is 0 Å². The van der Waals surface area contributed by atoms with E-state index in [9.17, 15) is 0 Å². The number of nitrogens with one attached hydrogen (secondary N) is 1. The summed E-state index contributed by atoms with van der Waals surface area (Å²) < 4.78 is 0. The molecule has 0 radical (unpaired) electrons. The molecule has 2 atom stereocenters. The highest BCUT2D eigenvalue weighted by Crippen LogP contribution is 2.26. The molecule has 1 fully saturated rings. The fourth-order valence-electron chi connectivity index (χ4n) is 2.98. The van der Waals surface area contributed by atoms with Gasteiger partial charge in [0.05, 0.1) is 0 Å². The zero-order valence-electron chi connectivity index (χ0n) is 11.2. The van der Waals surface area contributed by atoms with E-state index in [4.69, 9.17) is 0 Å². The standard InChI is InChI=1S/C14H29N/c1-10(2)13(11(3)4)9-15-14-8-6-7-12(14)5/h10-15H,6-9H2,1-5H3. The lowest BCUT2D eigenvalue weighted by atomic mass is 9.85. The highest BCUT2D eigenvalue weighted by molar-refractivity contribution is 4.82. The molecule has 0 heterocycles. The molecule has 0 spiro atoms. The van der Waals surface area contributed by atoms with E-state index in [0.29, 0.717) is 0 Å². The Balaban J connectivity index is 2.33. The summed E-state index contributed by atoms with van der Waals surface area (Å²) in [6.07, 6.45) is 4.24. The van der Waals surface area contributed by atoms with Crippen molar-refractivity contribution in [1.29, 1.82) is 0 Å². The first-order valence-corrected chi connectivity index (χ1v) is 6.75. The van der Waals surface area contributed by atoms with Gasteiger partial charge in [-0.1, -0.05) is 41.0 Å². The molecule has 0 aromatic rings. The zero-order valence-corrected chi connectivity index (χ0v) is 11.2. The average Bonchev–Trinajstić information content (AvgIpc) is 2.51. The van der Waals surface area contributed by atoms with Crippen LogP contribution in [0.3, 0.4) is 0 Å². The van der Waals surface area contributed by atoms with Crippen LogP contribution < -0.4 is 5.32 Å². The number of hydrogen-bond donors (Lipinski definition) is 1. The van der Waals surface area contributed by atoms with Gasteiger partial charge in [0, 0.05) is 6.04 Å². The Morgan fingerprint density at radius 1 is 1.07 bits per heavy atom. The number of rotatable bonds is 5. The van der Waals surface area contributed by atoms with E-state index in [-0.39, 0.29) is 0 Å². The fourth-order valence-corrected chi connectivity index (χ4v) is 2.98. The normalized spacial score (nSPS) is 27.2. The molecule has 0 bridgehead atoms. The van der Waals surface area contributed by atoms with Crippen LogP contribution in [0.25, 0.3) is 0 Å². The lowest BCUT2D eigenvalue weighted by molar-refractivity contribution is 0.257. The summed E-state index contributed by atoms with van der Waals surface area (Å²) in [4.78, 5) is 0.